The van der Waals surface area contributed by atoms with E-state index in [0.29, 0.717) is 5.17 Å². The lowest BCUT2D eigenvalue weighted by atomic mass is 10.1. The molecule has 0 aromatic heterocycles. The van der Waals surface area contributed by atoms with Gasteiger partial charge in [-0.05, 0) is 37.5 Å². The molecule has 2 aliphatic rings. The fourth-order valence-electron chi connectivity index (χ4n) is 4.04. The van der Waals surface area contributed by atoms with Crippen molar-refractivity contribution in [2.45, 2.75) is 38.5 Å². The Morgan fingerprint density at radius 3 is 2.38 bits per heavy atom. The van der Waals surface area contributed by atoms with Crippen LogP contribution in [0.3, 0.4) is 0 Å². The summed E-state index contributed by atoms with van der Waals surface area (Å²) in [5.74, 6) is 0.0221. The molecule has 4 rings (SSSR count). The number of rotatable bonds is 3. The Morgan fingerprint density at radius 2 is 1.72 bits per heavy atom. The van der Waals surface area contributed by atoms with E-state index in [1.54, 1.807) is 0 Å². The van der Waals surface area contributed by atoms with Crippen LogP contribution >= 0.6 is 11.8 Å². The third-order valence-corrected chi connectivity index (χ3v) is 8.65. The number of para-hydroxylation sites is 1. The minimum absolute atomic E-state index is 0.0927. The van der Waals surface area contributed by atoms with Crippen molar-refractivity contribution in [3.05, 3.63) is 64.7 Å². The molecule has 2 atom stereocenters. The van der Waals surface area contributed by atoms with E-state index in [1.165, 1.54) is 11.8 Å². The zero-order valence-corrected chi connectivity index (χ0v) is 18.4. The molecule has 5 nitrogen and oxygen atoms in total. The number of hydrogen-bond donors (Lipinski definition) is 0. The lowest BCUT2D eigenvalue weighted by Crippen LogP contribution is -2.38. The molecule has 2 aromatic rings. The van der Waals surface area contributed by atoms with Gasteiger partial charge in [0.1, 0.15) is 0 Å². The van der Waals surface area contributed by atoms with E-state index < -0.39 is 9.84 Å². The van der Waals surface area contributed by atoms with Crippen molar-refractivity contribution in [3.8, 4) is 0 Å². The van der Waals surface area contributed by atoms with Gasteiger partial charge in [0.2, 0.25) is 0 Å². The van der Waals surface area contributed by atoms with Gasteiger partial charge >= 0.3 is 0 Å². The standard InChI is InChI=1S/C22H24N2O3S2/c1-14-7-9-17(10-8-14)11-20(25)23-22-24(21-15(2)5-4-6-16(21)3)18-12-29(26,27)13-19(18)28-22/h4-10,18-19H,11-13H2,1-3H3/t18-,19-/m0/s1. The van der Waals surface area contributed by atoms with Gasteiger partial charge in [0.05, 0.1) is 24.0 Å². The van der Waals surface area contributed by atoms with E-state index in [1.807, 2.05) is 68.1 Å². The first-order valence-corrected chi connectivity index (χ1v) is 12.3. The molecule has 0 bridgehead atoms. The van der Waals surface area contributed by atoms with E-state index in [9.17, 15) is 13.2 Å². The molecule has 1 amide bonds. The lowest BCUT2D eigenvalue weighted by Gasteiger charge is -2.28. The first-order chi connectivity index (χ1) is 13.7. The molecular formula is C22H24N2O3S2. The molecule has 0 aliphatic carbocycles. The highest BCUT2D eigenvalue weighted by Gasteiger charge is 2.49. The monoisotopic (exact) mass is 428 g/mol. The Hall–Kier alpha value is -2.12. The smallest absolute Gasteiger partial charge is 0.252 e. The van der Waals surface area contributed by atoms with Crippen LogP contribution in [-0.4, -0.2) is 42.3 Å². The summed E-state index contributed by atoms with van der Waals surface area (Å²) in [5, 5.41) is 0.523. The number of carbonyl (C=O) groups excluding carboxylic acids is 1. The van der Waals surface area contributed by atoms with Crippen LogP contribution in [0.25, 0.3) is 0 Å². The van der Waals surface area contributed by atoms with Crippen LogP contribution in [0.4, 0.5) is 5.69 Å². The summed E-state index contributed by atoms with van der Waals surface area (Å²) in [6.45, 7) is 6.03. The van der Waals surface area contributed by atoms with Gasteiger partial charge in [-0.25, -0.2) is 8.42 Å². The highest BCUT2D eigenvalue weighted by atomic mass is 32.2. The number of aryl methyl sites for hydroxylation is 3. The van der Waals surface area contributed by atoms with Gasteiger partial charge in [0, 0.05) is 10.9 Å². The fraction of sp³-hybridized carbons (Fsp3) is 0.364. The summed E-state index contributed by atoms with van der Waals surface area (Å²) in [7, 11) is -3.08. The molecule has 2 heterocycles. The molecule has 29 heavy (non-hydrogen) atoms. The van der Waals surface area contributed by atoms with Gasteiger partial charge in [-0.3, -0.25) is 4.79 Å². The summed E-state index contributed by atoms with van der Waals surface area (Å²) >= 11 is 1.42. The fourth-order valence-corrected chi connectivity index (χ4v) is 7.96. The molecule has 2 aromatic carbocycles. The summed E-state index contributed by atoms with van der Waals surface area (Å²) in [4.78, 5) is 19.1. The number of carbonyl (C=O) groups is 1. The van der Waals surface area contributed by atoms with Crippen LogP contribution < -0.4 is 4.90 Å². The zero-order chi connectivity index (χ0) is 20.8. The molecular weight excluding hydrogens is 404 g/mol. The van der Waals surface area contributed by atoms with Gasteiger partial charge in [-0.1, -0.05) is 59.8 Å². The molecule has 0 radical (unpaired) electrons. The number of nitrogens with zero attached hydrogens (tertiary/aromatic N) is 2. The highest BCUT2D eigenvalue weighted by molar-refractivity contribution is 8.16. The molecule has 2 aliphatic heterocycles. The maximum absolute atomic E-state index is 12.7. The Bertz CT molecular complexity index is 1070. The number of amides is 1. The van der Waals surface area contributed by atoms with Crippen molar-refractivity contribution in [2.75, 3.05) is 16.4 Å². The number of hydrogen-bond acceptors (Lipinski definition) is 4. The van der Waals surface area contributed by atoms with Gasteiger partial charge in [-0.15, -0.1) is 0 Å². The van der Waals surface area contributed by atoms with Crippen LogP contribution in [0.1, 0.15) is 22.3 Å². The predicted octanol–water partition coefficient (Wildman–Crippen LogP) is 3.46. The second-order valence-electron chi connectivity index (χ2n) is 7.86. The van der Waals surface area contributed by atoms with Gasteiger partial charge in [0.25, 0.3) is 5.91 Å². The van der Waals surface area contributed by atoms with Crippen molar-refractivity contribution in [2.24, 2.45) is 4.99 Å². The second-order valence-corrected chi connectivity index (χ2v) is 11.2. The summed E-state index contributed by atoms with van der Waals surface area (Å²) in [6.07, 6.45) is 0.235. The first kappa shape index (κ1) is 20.2. The average Bonchev–Trinajstić information content (AvgIpc) is 3.09. The second kappa shape index (κ2) is 7.61. The maximum Gasteiger partial charge on any atom is 0.252 e. The minimum Gasteiger partial charge on any atom is -0.315 e. The highest BCUT2D eigenvalue weighted by Crippen LogP contribution is 2.43. The van der Waals surface area contributed by atoms with Crippen molar-refractivity contribution in [3.63, 3.8) is 0 Å². The minimum atomic E-state index is -3.08. The van der Waals surface area contributed by atoms with Crippen LogP contribution in [0.2, 0.25) is 0 Å². The molecule has 152 valence electrons. The molecule has 0 spiro atoms. The summed E-state index contributed by atoms with van der Waals surface area (Å²) in [5.41, 5.74) is 5.14. The number of amidine groups is 1. The van der Waals surface area contributed by atoms with E-state index in [4.69, 9.17) is 0 Å². The van der Waals surface area contributed by atoms with Gasteiger partial charge in [0.15, 0.2) is 15.0 Å². The first-order valence-electron chi connectivity index (χ1n) is 9.63. The lowest BCUT2D eigenvalue weighted by molar-refractivity contribution is -0.117. The predicted molar refractivity (Wildman–Crippen MR) is 120 cm³/mol. The SMILES string of the molecule is Cc1ccc(CC(=O)N=C2S[C@H]3CS(=O)(=O)C[C@@H]3N2c2c(C)cccc2C)cc1. The number of aliphatic imine (C=N–C) groups is 1. The third-order valence-electron chi connectivity index (χ3n) is 5.44. The van der Waals surface area contributed by atoms with E-state index in [-0.39, 0.29) is 35.1 Å². The maximum atomic E-state index is 12.7. The zero-order valence-electron chi connectivity index (χ0n) is 16.8. The van der Waals surface area contributed by atoms with Gasteiger partial charge in [-0.2, -0.15) is 4.99 Å². The number of thioether (sulfide) groups is 1. The van der Waals surface area contributed by atoms with Crippen molar-refractivity contribution in [1.29, 1.82) is 0 Å². The van der Waals surface area contributed by atoms with Crippen LogP contribution in [0, 0.1) is 20.8 Å². The molecule has 7 heteroatoms. The summed E-state index contributed by atoms with van der Waals surface area (Å²) in [6, 6.07) is 13.7. The van der Waals surface area contributed by atoms with Crippen molar-refractivity contribution >= 4 is 38.4 Å². The van der Waals surface area contributed by atoms with Crippen LogP contribution in [0.15, 0.2) is 47.5 Å². The van der Waals surface area contributed by atoms with E-state index in [2.05, 4.69) is 4.99 Å². The third kappa shape index (κ3) is 4.12. The van der Waals surface area contributed by atoms with Gasteiger partial charge < -0.3 is 4.90 Å². The number of benzene rings is 2. The average molecular weight is 429 g/mol. The molecule has 0 N–H and O–H groups in total. The quantitative estimate of drug-likeness (QED) is 0.749. The van der Waals surface area contributed by atoms with Crippen LogP contribution in [0.5, 0.6) is 0 Å². The number of fused-ring (bicyclic) bond motifs is 1. The normalized spacial score (nSPS) is 24.1. The topological polar surface area (TPSA) is 66.8 Å². The number of anilines is 1. The Kier molecular flexibility index (Phi) is 5.29. The Labute approximate surface area is 176 Å². The Morgan fingerprint density at radius 1 is 1.07 bits per heavy atom. The summed E-state index contributed by atoms with van der Waals surface area (Å²) < 4.78 is 24.5. The van der Waals surface area contributed by atoms with E-state index >= 15 is 0 Å². The van der Waals surface area contributed by atoms with Crippen molar-refractivity contribution in [1.82, 2.24) is 0 Å². The number of sulfone groups is 1. The molecule has 2 fully saturated rings. The molecule has 2 saturated heterocycles. The van der Waals surface area contributed by atoms with Crippen molar-refractivity contribution < 1.29 is 13.2 Å². The largest absolute Gasteiger partial charge is 0.315 e. The molecule has 0 saturated carbocycles. The van der Waals surface area contributed by atoms with Crippen LogP contribution in [-0.2, 0) is 21.1 Å². The van der Waals surface area contributed by atoms with E-state index in [0.717, 1.165) is 27.9 Å². The molecule has 0 unspecified atom stereocenters. The Balaban J connectivity index is 1.69.